The second-order valence-electron chi connectivity index (χ2n) is 5.62. The number of pyridine rings is 1. The molecule has 3 rings (SSSR count). The topological polar surface area (TPSA) is 59.5 Å². The van der Waals surface area contributed by atoms with Crippen LogP contribution in [0.4, 0.5) is 0 Å². The summed E-state index contributed by atoms with van der Waals surface area (Å²) in [5.74, 6) is 0.890. The van der Waals surface area contributed by atoms with E-state index in [1.54, 1.807) is 12.4 Å². The monoisotopic (exact) mass is 332 g/mol. The van der Waals surface area contributed by atoms with E-state index in [1.807, 2.05) is 37.3 Å². The summed E-state index contributed by atoms with van der Waals surface area (Å²) < 4.78 is 31.6. The van der Waals surface area contributed by atoms with Gasteiger partial charge in [-0.3, -0.25) is 4.98 Å². The normalized spacial score (nSPS) is 15.3. The predicted octanol–water partition coefficient (Wildman–Crippen LogP) is 2.39. The van der Waals surface area contributed by atoms with Gasteiger partial charge in [-0.1, -0.05) is 25.1 Å². The van der Waals surface area contributed by atoms with Crippen LogP contribution in [0.15, 0.2) is 42.7 Å². The van der Waals surface area contributed by atoms with E-state index >= 15 is 0 Å². The van der Waals surface area contributed by atoms with Crippen molar-refractivity contribution < 1.29 is 13.2 Å². The second kappa shape index (κ2) is 6.29. The van der Waals surface area contributed by atoms with Gasteiger partial charge >= 0.3 is 0 Å². The Labute approximate surface area is 137 Å². The Balaban J connectivity index is 2.12. The molecule has 0 aliphatic carbocycles. The van der Waals surface area contributed by atoms with Crippen LogP contribution in [0.5, 0.6) is 5.75 Å². The Bertz CT molecular complexity index is 791. The average molecular weight is 332 g/mol. The molecule has 0 saturated carbocycles. The highest BCUT2D eigenvalue weighted by atomic mass is 32.2. The molecular formula is C17H20N2O3S. The van der Waals surface area contributed by atoms with Crippen molar-refractivity contribution in [3.63, 3.8) is 0 Å². The molecule has 1 unspecified atom stereocenters. The van der Waals surface area contributed by atoms with E-state index in [-0.39, 0.29) is 6.04 Å². The van der Waals surface area contributed by atoms with Crippen molar-refractivity contribution in [2.45, 2.75) is 19.4 Å². The first-order chi connectivity index (χ1) is 11.0. The Morgan fingerprint density at radius 2 is 2.13 bits per heavy atom. The molecule has 0 bridgehead atoms. The molecule has 2 aromatic rings. The van der Waals surface area contributed by atoms with Crippen molar-refractivity contribution in [1.29, 1.82) is 0 Å². The zero-order valence-corrected chi connectivity index (χ0v) is 14.1. The molecule has 1 aromatic carbocycles. The van der Waals surface area contributed by atoms with Gasteiger partial charge in [0.2, 0.25) is 10.0 Å². The SMILES string of the molecule is CCN(C(c1cccnc1)c1ccc2c(c1)CCO2)S(C)(=O)=O. The summed E-state index contributed by atoms with van der Waals surface area (Å²) in [7, 11) is -3.35. The zero-order valence-electron chi connectivity index (χ0n) is 13.3. The van der Waals surface area contributed by atoms with Crippen molar-refractivity contribution in [3.8, 4) is 5.75 Å². The first kappa shape index (κ1) is 16.0. The van der Waals surface area contributed by atoms with Crippen molar-refractivity contribution in [1.82, 2.24) is 9.29 Å². The number of hydrogen-bond acceptors (Lipinski definition) is 4. The van der Waals surface area contributed by atoms with Crippen LogP contribution in [0.3, 0.4) is 0 Å². The molecule has 0 fully saturated rings. The van der Waals surface area contributed by atoms with E-state index in [0.717, 1.165) is 28.9 Å². The van der Waals surface area contributed by atoms with E-state index in [1.165, 1.54) is 10.6 Å². The lowest BCUT2D eigenvalue weighted by molar-refractivity contribution is 0.356. The predicted molar refractivity (Wildman–Crippen MR) is 88.9 cm³/mol. The third-order valence-corrected chi connectivity index (χ3v) is 5.38. The van der Waals surface area contributed by atoms with Gasteiger partial charge in [0.15, 0.2) is 0 Å². The van der Waals surface area contributed by atoms with Gasteiger partial charge in [-0.2, -0.15) is 4.31 Å². The largest absolute Gasteiger partial charge is 0.493 e. The van der Waals surface area contributed by atoms with E-state index in [0.29, 0.717) is 13.2 Å². The summed E-state index contributed by atoms with van der Waals surface area (Å²) in [4.78, 5) is 4.16. The van der Waals surface area contributed by atoms with Gasteiger partial charge in [0, 0.05) is 25.4 Å². The van der Waals surface area contributed by atoms with Crippen LogP contribution >= 0.6 is 0 Å². The summed E-state index contributed by atoms with van der Waals surface area (Å²) in [5.41, 5.74) is 2.93. The molecule has 1 aromatic heterocycles. The van der Waals surface area contributed by atoms with E-state index in [4.69, 9.17) is 4.74 Å². The fourth-order valence-electron chi connectivity index (χ4n) is 3.05. The molecule has 0 amide bonds. The number of sulfonamides is 1. The highest BCUT2D eigenvalue weighted by molar-refractivity contribution is 7.88. The number of nitrogens with zero attached hydrogens (tertiary/aromatic N) is 2. The fraction of sp³-hybridized carbons (Fsp3) is 0.353. The van der Waals surface area contributed by atoms with Crippen LogP contribution in [-0.4, -0.2) is 37.1 Å². The third kappa shape index (κ3) is 3.23. The molecule has 2 heterocycles. The minimum Gasteiger partial charge on any atom is -0.493 e. The van der Waals surface area contributed by atoms with Crippen molar-refractivity contribution in [2.75, 3.05) is 19.4 Å². The average Bonchev–Trinajstić information content (AvgIpc) is 2.99. The number of ether oxygens (including phenoxy) is 1. The van der Waals surface area contributed by atoms with Gasteiger partial charge in [0.25, 0.3) is 0 Å². The summed E-state index contributed by atoms with van der Waals surface area (Å²) in [5, 5.41) is 0. The molecule has 1 aliphatic heterocycles. The molecule has 0 N–H and O–H groups in total. The van der Waals surface area contributed by atoms with Gasteiger partial charge < -0.3 is 4.74 Å². The molecule has 6 heteroatoms. The summed E-state index contributed by atoms with van der Waals surface area (Å²) in [6.07, 6.45) is 5.51. The molecule has 1 aliphatic rings. The maximum absolute atomic E-state index is 12.3. The molecule has 5 nitrogen and oxygen atoms in total. The number of rotatable bonds is 5. The van der Waals surface area contributed by atoms with Crippen LogP contribution in [-0.2, 0) is 16.4 Å². The number of benzene rings is 1. The van der Waals surface area contributed by atoms with E-state index in [2.05, 4.69) is 4.98 Å². The maximum atomic E-state index is 12.3. The standard InChI is InChI=1S/C17H20N2O3S/c1-3-19(23(2,20)21)17(15-5-4-9-18-12-15)14-6-7-16-13(11-14)8-10-22-16/h4-7,9,11-12,17H,3,8,10H2,1-2H3. The minimum absolute atomic E-state index is 0.380. The van der Waals surface area contributed by atoms with E-state index < -0.39 is 10.0 Å². The Kier molecular flexibility index (Phi) is 4.37. The summed E-state index contributed by atoms with van der Waals surface area (Å²) >= 11 is 0. The van der Waals surface area contributed by atoms with Crippen LogP contribution in [0.1, 0.15) is 29.7 Å². The smallest absolute Gasteiger partial charge is 0.212 e. The van der Waals surface area contributed by atoms with Gasteiger partial charge in [0.1, 0.15) is 5.75 Å². The van der Waals surface area contributed by atoms with Gasteiger partial charge in [-0.15, -0.1) is 0 Å². The van der Waals surface area contributed by atoms with Crippen molar-refractivity contribution in [2.24, 2.45) is 0 Å². The van der Waals surface area contributed by atoms with Crippen LogP contribution in [0.25, 0.3) is 0 Å². The summed E-state index contributed by atoms with van der Waals surface area (Å²) in [6, 6.07) is 9.28. The lowest BCUT2D eigenvalue weighted by atomic mass is 9.97. The number of fused-ring (bicyclic) bond motifs is 1. The highest BCUT2D eigenvalue weighted by Crippen LogP contribution is 2.34. The number of aromatic nitrogens is 1. The van der Waals surface area contributed by atoms with Crippen LogP contribution in [0.2, 0.25) is 0 Å². The van der Waals surface area contributed by atoms with Gasteiger partial charge in [-0.05, 0) is 28.8 Å². The second-order valence-corrected chi connectivity index (χ2v) is 7.56. The summed E-state index contributed by atoms with van der Waals surface area (Å²) in [6.45, 7) is 2.92. The Morgan fingerprint density at radius 1 is 1.30 bits per heavy atom. The molecule has 1 atom stereocenters. The van der Waals surface area contributed by atoms with Crippen LogP contribution in [0, 0.1) is 0 Å². The third-order valence-electron chi connectivity index (χ3n) is 4.06. The Hall–Kier alpha value is -1.92. The van der Waals surface area contributed by atoms with Gasteiger partial charge in [-0.25, -0.2) is 8.42 Å². The first-order valence-electron chi connectivity index (χ1n) is 7.63. The van der Waals surface area contributed by atoms with E-state index in [9.17, 15) is 8.42 Å². The van der Waals surface area contributed by atoms with Crippen molar-refractivity contribution >= 4 is 10.0 Å². The molecule has 0 saturated heterocycles. The number of hydrogen-bond donors (Lipinski definition) is 0. The highest BCUT2D eigenvalue weighted by Gasteiger charge is 2.29. The lowest BCUT2D eigenvalue weighted by Gasteiger charge is -2.29. The lowest BCUT2D eigenvalue weighted by Crippen LogP contribution is -2.34. The maximum Gasteiger partial charge on any atom is 0.212 e. The fourth-order valence-corrected chi connectivity index (χ4v) is 4.14. The minimum atomic E-state index is -3.35. The van der Waals surface area contributed by atoms with Crippen molar-refractivity contribution in [3.05, 3.63) is 59.4 Å². The zero-order chi connectivity index (χ0) is 16.4. The molecule has 122 valence electrons. The van der Waals surface area contributed by atoms with Gasteiger partial charge in [0.05, 0.1) is 18.9 Å². The molecule has 23 heavy (non-hydrogen) atoms. The molecule has 0 radical (unpaired) electrons. The first-order valence-corrected chi connectivity index (χ1v) is 9.48. The quantitative estimate of drug-likeness (QED) is 0.843. The Morgan fingerprint density at radius 3 is 2.78 bits per heavy atom. The van der Waals surface area contributed by atoms with Crippen LogP contribution < -0.4 is 4.74 Å². The molecule has 0 spiro atoms. The molecular weight excluding hydrogens is 312 g/mol.